The van der Waals surface area contributed by atoms with Crippen molar-refractivity contribution in [3.8, 4) is 5.75 Å². The Morgan fingerprint density at radius 1 is 1.08 bits per heavy atom. The van der Waals surface area contributed by atoms with Crippen LogP contribution in [-0.4, -0.2) is 18.1 Å². The molecule has 1 unspecified atom stereocenters. The number of benzene rings is 3. The molecule has 3 aromatic carbocycles. The van der Waals surface area contributed by atoms with E-state index in [9.17, 15) is 9.90 Å². The van der Waals surface area contributed by atoms with Gasteiger partial charge in [0.25, 0.3) is 5.91 Å². The molecule has 0 spiro atoms. The number of nitrogens with one attached hydrogen (secondary N) is 1. The third-order valence-electron chi connectivity index (χ3n) is 3.99. The number of rotatable bonds is 5. The SMILES string of the molecule is COc1cccc(C(O)C(=O)NCc2cccc3ccccc23)c1. The summed E-state index contributed by atoms with van der Waals surface area (Å²) in [5.41, 5.74) is 1.52. The zero-order valence-corrected chi connectivity index (χ0v) is 13.4. The molecular formula is C20H19NO3. The zero-order valence-electron chi connectivity index (χ0n) is 13.4. The molecule has 4 heteroatoms. The lowest BCUT2D eigenvalue weighted by molar-refractivity contribution is -0.129. The zero-order chi connectivity index (χ0) is 16.9. The number of methoxy groups -OCH3 is 1. The average Bonchev–Trinajstić information content (AvgIpc) is 2.65. The molecule has 0 saturated heterocycles. The molecule has 24 heavy (non-hydrogen) atoms. The van der Waals surface area contributed by atoms with E-state index >= 15 is 0 Å². The van der Waals surface area contributed by atoms with Crippen LogP contribution in [0.5, 0.6) is 5.75 Å². The van der Waals surface area contributed by atoms with Crippen LogP contribution < -0.4 is 10.1 Å². The van der Waals surface area contributed by atoms with Crippen LogP contribution >= 0.6 is 0 Å². The normalized spacial score (nSPS) is 11.9. The molecule has 4 nitrogen and oxygen atoms in total. The van der Waals surface area contributed by atoms with Crippen molar-refractivity contribution in [2.45, 2.75) is 12.6 Å². The van der Waals surface area contributed by atoms with Crippen molar-refractivity contribution in [1.29, 1.82) is 0 Å². The summed E-state index contributed by atoms with van der Waals surface area (Å²) in [6.07, 6.45) is -1.23. The highest BCUT2D eigenvalue weighted by molar-refractivity contribution is 5.87. The van der Waals surface area contributed by atoms with Gasteiger partial charge in [-0.05, 0) is 34.0 Å². The molecule has 0 aliphatic rings. The number of fused-ring (bicyclic) bond motifs is 1. The molecule has 0 aliphatic heterocycles. The number of hydrogen-bond acceptors (Lipinski definition) is 3. The lowest BCUT2D eigenvalue weighted by Crippen LogP contribution is -2.28. The number of amides is 1. The van der Waals surface area contributed by atoms with Gasteiger partial charge in [0.05, 0.1) is 7.11 Å². The van der Waals surface area contributed by atoms with Crippen molar-refractivity contribution in [2.75, 3.05) is 7.11 Å². The van der Waals surface area contributed by atoms with E-state index in [1.807, 2.05) is 42.5 Å². The smallest absolute Gasteiger partial charge is 0.253 e. The Morgan fingerprint density at radius 3 is 2.67 bits per heavy atom. The minimum absolute atomic E-state index is 0.362. The largest absolute Gasteiger partial charge is 0.497 e. The quantitative estimate of drug-likeness (QED) is 0.759. The van der Waals surface area contributed by atoms with Crippen LogP contribution in [-0.2, 0) is 11.3 Å². The molecule has 3 rings (SSSR count). The minimum Gasteiger partial charge on any atom is -0.497 e. The molecule has 0 heterocycles. The van der Waals surface area contributed by atoms with Gasteiger partial charge in [0.15, 0.2) is 6.10 Å². The molecule has 3 aromatic rings. The Hall–Kier alpha value is -2.85. The van der Waals surface area contributed by atoms with E-state index in [0.29, 0.717) is 17.9 Å². The van der Waals surface area contributed by atoms with Gasteiger partial charge in [0, 0.05) is 6.54 Å². The molecule has 0 aliphatic carbocycles. The summed E-state index contributed by atoms with van der Waals surface area (Å²) in [6, 6.07) is 20.8. The van der Waals surface area contributed by atoms with Crippen LogP contribution in [0.3, 0.4) is 0 Å². The molecule has 0 bridgehead atoms. The third-order valence-corrected chi connectivity index (χ3v) is 3.99. The fraction of sp³-hybridized carbons (Fsp3) is 0.150. The van der Waals surface area contributed by atoms with Gasteiger partial charge >= 0.3 is 0 Å². The first kappa shape index (κ1) is 16.0. The van der Waals surface area contributed by atoms with E-state index in [1.54, 1.807) is 31.4 Å². The predicted molar refractivity (Wildman–Crippen MR) is 93.7 cm³/mol. The van der Waals surface area contributed by atoms with Gasteiger partial charge in [0.1, 0.15) is 5.75 Å². The van der Waals surface area contributed by atoms with Gasteiger partial charge in [-0.15, -0.1) is 0 Å². The first-order valence-electron chi connectivity index (χ1n) is 7.75. The molecule has 122 valence electrons. The molecule has 0 aromatic heterocycles. The second-order valence-corrected chi connectivity index (χ2v) is 5.54. The first-order valence-corrected chi connectivity index (χ1v) is 7.75. The van der Waals surface area contributed by atoms with Gasteiger partial charge in [-0.1, -0.05) is 54.6 Å². The Labute approximate surface area is 140 Å². The van der Waals surface area contributed by atoms with Gasteiger partial charge in [-0.3, -0.25) is 4.79 Å². The van der Waals surface area contributed by atoms with Crippen molar-refractivity contribution < 1.29 is 14.6 Å². The van der Waals surface area contributed by atoms with Crippen molar-refractivity contribution in [3.63, 3.8) is 0 Å². The van der Waals surface area contributed by atoms with Crippen molar-refractivity contribution in [2.24, 2.45) is 0 Å². The fourth-order valence-electron chi connectivity index (χ4n) is 2.69. The lowest BCUT2D eigenvalue weighted by Gasteiger charge is -2.13. The molecule has 0 saturated carbocycles. The van der Waals surface area contributed by atoms with Crippen LogP contribution in [0.25, 0.3) is 10.8 Å². The maximum absolute atomic E-state index is 12.3. The molecule has 1 atom stereocenters. The van der Waals surface area contributed by atoms with E-state index < -0.39 is 12.0 Å². The second kappa shape index (κ2) is 7.15. The summed E-state index contributed by atoms with van der Waals surface area (Å²) in [4.78, 5) is 12.3. The fourth-order valence-corrected chi connectivity index (χ4v) is 2.69. The monoisotopic (exact) mass is 321 g/mol. The van der Waals surface area contributed by atoms with E-state index in [1.165, 1.54) is 0 Å². The molecule has 1 amide bonds. The summed E-state index contributed by atoms with van der Waals surface area (Å²) in [5, 5.41) is 15.2. The molecule has 0 fully saturated rings. The third kappa shape index (κ3) is 3.39. The molecule has 2 N–H and O–H groups in total. The van der Waals surface area contributed by atoms with Gasteiger partial charge in [-0.2, -0.15) is 0 Å². The summed E-state index contributed by atoms with van der Waals surface area (Å²) in [6.45, 7) is 0.362. The topological polar surface area (TPSA) is 58.6 Å². The predicted octanol–water partition coefficient (Wildman–Crippen LogP) is 3.20. The van der Waals surface area contributed by atoms with Crippen LogP contribution in [0.1, 0.15) is 17.2 Å². The lowest BCUT2D eigenvalue weighted by atomic mass is 10.0. The van der Waals surface area contributed by atoms with Crippen molar-refractivity contribution in [3.05, 3.63) is 77.9 Å². The summed E-state index contributed by atoms with van der Waals surface area (Å²) in [7, 11) is 1.55. The number of carbonyl (C=O) groups is 1. The summed E-state index contributed by atoms with van der Waals surface area (Å²) >= 11 is 0. The Morgan fingerprint density at radius 2 is 1.83 bits per heavy atom. The van der Waals surface area contributed by atoms with E-state index in [4.69, 9.17) is 4.74 Å². The number of aliphatic hydroxyl groups excluding tert-OH is 1. The average molecular weight is 321 g/mol. The number of carbonyl (C=O) groups excluding carboxylic acids is 1. The Kier molecular flexibility index (Phi) is 4.77. The maximum atomic E-state index is 12.3. The number of ether oxygens (including phenoxy) is 1. The van der Waals surface area contributed by atoms with Gasteiger partial charge < -0.3 is 15.2 Å². The van der Waals surface area contributed by atoms with Crippen LogP contribution in [0, 0.1) is 0 Å². The standard InChI is InChI=1S/C20H19NO3/c1-24-17-10-5-8-15(12-17)19(22)20(23)21-13-16-9-4-7-14-6-2-3-11-18(14)16/h2-12,19,22H,13H2,1H3,(H,21,23). The van der Waals surface area contributed by atoms with E-state index in [2.05, 4.69) is 5.32 Å². The highest BCUT2D eigenvalue weighted by Crippen LogP contribution is 2.21. The van der Waals surface area contributed by atoms with Crippen LogP contribution in [0.2, 0.25) is 0 Å². The van der Waals surface area contributed by atoms with E-state index in [0.717, 1.165) is 16.3 Å². The summed E-state index contributed by atoms with van der Waals surface area (Å²) < 4.78 is 5.12. The highest BCUT2D eigenvalue weighted by atomic mass is 16.5. The van der Waals surface area contributed by atoms with Gasteiger partial charge in [0.2, 0.25) is 0 Å². The van der Waals surface area contributed by atoms with E-state index in [-0.39, 0.29) is 0 Å². The molecule has 0 radical (unpaired) electrons. The van der Waals surface area contributed by atoms with Crippen molar-refractivity contribution in [1.82, 2.24) is 5.32 Å². The Bertz CT molecular complexity index is 855. The second-order valence-electron chi connectivity index (χ2n) is 5.54. The van der Waals surface area contributed by atoms with Crippen LogP contribution in [0.4, 0.5) is 0 Å². The Balaban J connectivity index is 1.72. The summed E-state index contributed by atoms with van der Waals surface area (Å²) in [5.74, 6) is 0.171. The van der Waals surface area contributed by atoms with Crippen molar-refractivity contribution >= 4 is 16.7 Å². The van der Waals surface area contributed by atoms with Gasteiger partial charge in [-0.25, -0.2) is 0 Å². The first-order chi connectivity index (χ1) is 11.7. The minimum atomic E-state index is -1.23. The number of hydrogen-bond donors (Lipinski definition) is 2. The number of aliphatic hydroxyl groups is 1. The maximum Gasteiger partial charge on any atom is 0.253 e. The van der Waals surface area contributed by atoms with Crippen LogP contribution in [0.15, 0.2) is 66.7 Å². The molecular weight excluding hydrogens is 302 g/mol. The highest BCUT2D eigenvalue weighted by Gasteiger charge is 2.17.